The molecule has 6 nitrogen and oxygen atoms in total. The van der Waals surface area contributed by atoms with Crippen molar-refractivity contribution < 1.29 is 19.1 Å². The van der Waals surface area contributed by atoms with Gasteiger partial charge in [-0.2, -0.15) is 0 Å². The smallest absolute Gasteiger partial charge is 0.303 e. The maximum absolute atomic E-state index is 13.7. The molecule has 32 heavy (non-hydrogen) atoms. The van der Waals surface area contributed by atoms with E-state index in [0.29, 0.717) is 35.6 Å². The zero-order valence-corrected chi connectivity index (χ0v) is 17.2. The van der Waals surface area contributed by atoms with Gasteiger partial charge in [0.05, 0.1) is 11.4 Å². The second-order valence-corrected chi connectivity index (χ2v) is 7.61. The first-order chi connectivity index (χ1) is 15.4. The molecular formula is C25H22FN3O3. The lowest BCUT2D eigenvalue weighted by atomic mass is 9.90. The first-order valence-corrected chi connectivity index (χ1v) is 10.2. The second kappa shape index (κ2) is 9.11. The highest BCUT2D eigenvalue weighted by Crippen LogP contribution is 2.36. The fraction of sp³-hybridized carbons (Fsp3) is 0.160. The van der Waals surface area contributed by atoms with Gasteiger partial charge in [0, 0.05) is 18.7 Å². The molecule has 1 aliphatic heterocycles. The summed E-state index contributed by atoms with van der Waals surface area (Å²) in [5.41, 5.74) is 10.5. The summed E-state index contributed by atoms with van der Waals surface area (Å²) < 4.78 is 13.7. The van der Waals surface area contributed by atoms with E-state index in [1.54, 1.807) is 6.07 Å². The monoisotopic (exact) mass is 431 g/mol. The molecule has 162 valence electrons. The average Bonchev–Trinajstić information content (AvgIpc) is 3.11. The van der Waals surface area contributed by atoms with E-state index in [9.17, 15) is 14.0 Å². The summed E-state index contributed by atoms with van der Waals surface area (Å²) in [5, 5.41) is 11.7. The number of amides is 1. The van der Waals surface area contributed by atoms with Gasteiger partial charge in [-0.25, -0.2) is 4.39 Å². The molecule has 0 bridgehead atoms. The van der Waals surface area contributed by atoms with Gasteiger partial charge < -0.3 is 16.2 Å². The molecule has 3 aromatic rings. The zero-order chi connectivity index (χ0) is 22.7. The number of carbonyl (C=O) groups excluding carboxylic acids is 1. The Hall–Kier alpha value is -3.84. The largest absolute Gasteiger partial charge is 0.481 e. The number of anilines is 1. The lowest BCUT2D eigenvalue weighted by Gasteiger charge is -2.15. The van der Waals surface area contributed by atoms with Gasteiger partial charge in [-0.05, 0) is 52.9 Å². The van der Waals surface area contributed by atoms with E-state index in [1.165, 1.54) is 12.1 Å². The minimum absolute atomic E-state index is 0.0394. The average molecular weight is 431 g/mol. The minimum atomic E-state index is -0.858. The summed E-state index contributed by atoms with van der Waals surface area (Å²) in [7, 11) is 0. The van der Waals surface area contributed by atoms with E-state index in [2.05, 4.69) is 5.32 Å². The van der Waals surface area contributed by atoms with Crippen LogP contribution in [-0.2, 0) is 22.6 Å². The number of fused-ring (bicyclic) bond motifs is 1. The number of carbonyl (C=O) groups is 2. The molecule has 0 saturated carbocycles. The van der Waals surface area contributed by atoms with E-state index in [-0.39, 0.29) is 12.3 Å². The van der Waals surface area contributed by atoms with Crippen molar-refractivity contribution in [2.45, 2.75) is 25.3 Å². The van der Waals surface area contributed by atoms with E-state index in [1.807, 2.05) is 48.5 Å². The van der Waals surface area contributed by atoms with Crippen LogP contribution in [0.15, 0.2) is 71.7 Å². The summed E-state index contributed by atoms with van der Waals surface area (Å²) >= 11 is 0. The predicted molar refractivity (Wildman–Crippen MR) is 121 cm³/mol. The van der Waals surface area contributed by atoms with Crippen LogP contribution in [0.3, 0.4) is 0 Å². The summed E-state index contributed by atoms with van der Waals surface area (Å²) in [4.78, 5) is 28.5. The molecule has 3 aromatic carbocycles. The molecule has 0 aromatic heterocycles. The van der Waals surface area contributed by atoms with Crippen molar-refractivity contribution in [2.75, 3.05) is 5.32 Å². The SMILES string of the molecule is NCc1ccc(N=C(c2ccc(CCC(=O)O)cc2)C2C(=O)Nc3cc(F)ccc32)cc1. The van der Waals surface area contributed by atoms with E-state index in [0.717, 1.165) is 16.7 Å². The Bertz CT molecular complexity index is 1190. The summed E-state index contributed by atoms with van der Waals surface area (Å²) in [6.45, 7) is 0.415. The van der Waals surface area contributed by atoms with Crippen molar-refractivity contribution in [2.24, 2.45) is 10.7 Å². The van der Waals surface area contributed by atoms with Crippen LogP contribution < -0.4 is 11.1 Å². The number of carboxylic acids is 1. The van der Waals surface area contributed by atoms with Crippen molar-refractivity contribution in [3.05, 3.63) is 94.8 Å². The van der Waals surface area contributed by atoms with Crippen LogP contribution in [0.25, 0.3) is 0 Å². The lowest BCUT2D eigenvalue weighted by Crippen LogP contribution is -2.22. The number of hydrogen-bond acceptors (Lipinski definition) is 4. The van der Waals surface area contributed by atoms with Gasteiger partial charge in [0.1, 0.15) is 11.7 Å². The van der Waals surface area contributed by atoms with Crippen LogP contribution >= 0.6 is 0 Å². The van der Waals surface area contributed by atoms with Crippen LogP contribution in [-0.4, -0.2) is 22.7 Å². The first-order valence-electron chi connectivity index (χ1n) is 10.2. The second-order valence-electron chi connectivity index (χ2n) is 7.61. The standard InChI is InChI=1S/C25H22FN3O3/c26-18-8-11-20-21(13-18)29-25(32)23(20)24(28-19-9-3-16(14-27)4-10-19)17-6-1-15(2-7-17)5-12-22(30)31/h1-4,6-11,13,23H,5,12,14,27H2,(H,29,32)(H,30,31). The van der Waals surface area contributed by atoms with Gasteiger partial charge in [-0.3, -0.25) is 14.6 Å². The summed E-state index contributed by atoms with van der Waals surface area (Å²) in [5.74, 6) is -2.27. The number of nitrogens with one attached hydrogen (secondary N) is 1. The number of aryl methyl sites for hydroxylation is 1. The molecule has 1 atom stereocenters. The van der Waals surface area contributed by atoms with Gasteiger partial charge in [0.25, 0.3) is 0 Å². The Kier molecular flexibility index (Phi) is 6.09. The number of benzene rings is 3. The molecule has 0 fully saturated rings. The molecule has 0 spiro atoms. The number of hydrogen-bond donors (Lipinski definition) is 3. The Labute approximate surface area is 184 Å². The van der Waals surface area contributed by atoms with Crippen molar-refractivity contribution in [3.8, 4) is 0 Å². The van der Waals surface area contributed by atoms with Crippen LogP contribution in [0.4, 0.5) is 15.8 Å². The maximum atomic E-state index is 13.7. The van der Waals surface area contributed by atoms with Gasteiger partial charge in [0.2, 0.25) is 5.91 Å². The molecule has 7 heteroatoms. The van der Waals surface area contributed by atoms with Crippen molar-refractivity contribution >= 4 is 29.0 Å². The van der Waals surface area contributed by atoms with Gasteiger partial charge in [-0.15, -0.1) is 0 Å². The molecule has 0 saturated heterocycles. The van der Waals surface area contributed by atoms with E-state index >= 15 is 0 Å². The quantitative estimate of drug-likeness (QED) is 0.489. The highest BCUT2D eigenvalue weighted by molar-refractivity contribution is 6.24. The molecule has 0 radical (unpaired) electrons. The Morgan fingerprint density at radius 3 is 2.38 bits per heavy atom. The molecule has 1 aliphatic rings. The van der Waals surface area contributed by atoms with Crippen LogP contribution in [0, 0.1) is 5.82 Å². The number of aliphatic carboxylic acids is 1. The fourth-order valence-corrected chi connectivity index (χ4v) is 3.74. The maximum Gasteiger partial charge on any atom is 0.303 e. The van der Waals surface area contributed by atoms with Crippen molar-refractivity contribution in [1.29, 1.82) is 0 Å². The van der Waals surface area contributed by atoms with Crippen molar-refractivity contribution in [1.82, 2.24) is 0 Å². The third-order valence-corrected chi connectivity index (χ3v) is 5.42. The highest BCUT2D eigenvalue weighted by Gasteiger charge is 2.35. The minimum Gasteiger partial charge on any atom is -0.481 e. The molecular weight excluding hydrogens is 409 g/mol. The van der Waals surface area contributed by atoms with Gasteiger partial charge in [-0.1, -0.05) is 42.5 Å². The Morgan fingerprint density at radius 2 is 1.72 bits per heavy atom. The third-order valence-electron chi connectivity index (χ3n) is 5.42. The van der Waals surface area contributed by atoms with Crippen molar-refractivity contribution in [3.63, 3.8) is 0 Å². The number of aliphatic imine (C=N–C) groups is 1. The van der Waals surface area contributed by atoms with E-state index < -0.39 is 17.7 Å². The number of halogens is 1. The normalized spacial score (nSPS) is 15.4. The van der Waals surface area contributed by atoms with E-state index in [4.69, 9.17) is 15.8 Å². The predicted octanol–water partition coefficient (Wildman–Crippen LogP) is 4.16. The Morgan fingerprint density at radius 1 is 1.03 bits per heavy atom. The molecule has 4 rings (SSSR count). The number of nitrogens with two attached hydrogens (primary N) is 1. The molecule has 1 unspecified atom stereocenters. The molecule has 1 amide bonds. The number of nitrogens with zero attached hydrogens (tertiary/aromatic N) is 1. The highest BCUT2D eigenvalue weighted by atomic mass is 19.1. The fourth-order valence-electron chi connectivity index (χ4n) is 3.74. The molecule has 1 heterocycles. The topological polar surface area (TPSA) is 105 Å². The first kappa shape index (κ1) is 21.4. The van der Waals surface area contributed by atoms with Crippen LogP contribution in [0.5, 0.6) is 0 Å². The summed E-state index contributed by atoms with van der Waals surface area (Å²) in [6, 6.07) is 19.0. The summed E-state index contributed by atoms with van der Waals surface area (Å²) in [6.07, 6.45) is 0.451. The third kappa shape index (κ3) is 4.58. The zero-order valence-electron chi connectivity index (χ0n) is 17.2. The molecule has 4 N–H and O–H groups in total. The number of carboxylic acid groups (broad SMARTS) is 1. The molecule has 0 aliphatic carbocycles. The lowest BCUT2D eigenvalue weighted by molar-refractivity contribution is -0.137. The van der Waals surface area contributed by atoms with Gasteiger partial charge in [0.15, 0.2) is 0 Å². The van der Waals surface area contributed by atoms with Crippen LogP contribution in [0.1, 0.15) is 34.6 Å². The Balaban J connectivity index is 1.76. The van der Waals surface area contributed by atoms with Crippen LogP contribution in [0.2, 0.25) is 0 Å². The number of rotatable bonds is 7. The van der Waals surface area contributed by atoms with Gasteiger partial charge >= 0.3 is 5.97 Å².